The van der Waals surface area contributed by atoms with E-state index in [1.54, 1.807) is 0 Å². The molecule has 2 rings (SSSR count). The highest BCUT2D eigenvalue weighted by molar-refractivity contribution is 5.62. The Labute approximate surface area is 127 Å². The molecule has 0 spiro atoms. The van der Waals surface area contributed by atoms with Crippen molar-refractivity contribution < 1.29 is 0 Å². The molecule has 1 aromatic carbocycles. The maximum Gasteiger partial charge on any atom is 0.0695 e. The molecular weight excluding hydrogens is 260 g/mol. The van der Waals surface area contributed by atoms with Crippen LogP contribution in [0, 0.1) is 0 Å². The lowest BCUT2D eigenvalue weighted by Gasteiger charge is -2.19. The molecule has 1 heterocycles. The van der Waals surface area contributed by atoms with Crippen LogP contribution in [0.4, 0.5) is 0 Å². The second-order valence-corrected chi connectivity index (χ2v) is 5.25. The molecule has 0 radical (unpaired) electrons. The maximum absolute atomic E-state index is 4.18. The number of aromatic nitrogens is 2. The van der Waals surface area contributed by atoms with Crippen LogP contribution in [0.25, 0.3) is 11.3 Å². The number of likely N-dealkylation sites (N-methyl/N-ethyl adjacent to an activating group) is 1. The van der Waals surface area contributed by atoms with Gasteiger partial charge < -0.3 is 10.2 Å². The van der Waals surface area contributed by atoms with E-state index in [1.165, 1.54) is 24.1 Å². The highest BCUT2D eigenvalue weighted by Gasteiger charge is 2.07. The Morgan fingerprint density at radius 2 is 1.95 bits per heavy atom. The van der Waals surface area contributed by atoms with Crippen LogP contribution in [0.15, 0.2) is 36.5 Å². The van der Waals surface area contributed by atoms with Gasteiger partial charge in [-0.2, -0.15) is 5.10 Å². The van der Waals surface area contributed by atoms with Gasteiger partial charge in [0.25, 0.3) is 0 Å². The summed E-state index contributed by atoms with van der Waals surface area (Å²) in [7, 11) is 0. The maximum atomic E-state index is 4.18. The summed E-state index contributed by atoms with van der Waals surface area (Å²) in [6.45, 7) is 9.71. The van der Waals surface area contributed by atoms with Gasteiger partial charge in [0, 0.05) is 25.2 Å². The second-order valence-electron chi connectivity index (χ2n) is 5.25. The molecule has 114 valence electrons. The van der Waals surface area contributed by atoms with Gasteiger partial charge in [-0.15, -0.1) is 0 Å². The van der Waals surface area contributed by atoms with Crippen molar-refractivity contribution in [1.82, 2.24) is 20.4 Å². The van der Waals surface area contributed by atoms with Crippen molar-refractivity contribution in [2.45, 2.75) is 26.8 Å². The Bertz CT molecular complexity index is 507. The number of hydrogen-bond acceptors (Lipinski definition) is 3. The summed E-state index contributed by atoms with van der Waals surface area (Å²) in [5, 5.41) is 10.8. The minimum atomic E-state index is 0.852. The Kier molecular flexibility index (Phi) is 6.44. The van der Waals surface area contributed by atoms with Crippen LogP contribution in [-0.2, 0) is 6.54 Å². The van der Waals surface area contributed by atoms with E-state index in [0.717, 1.165) is 31.9 Å². The van der Waals surface area contributed by atoms with Crippen molar-refractivity contribution in [2.24, 2.45) is 0 Å². The van der Waals surface area contributed by atoms with Gasteiger partial charge >= 0.3 is 0 Å². The van der Waals surface area contributed by atoms with E-state index in [-0.39, 0.29) is 0 Å². The molecule has 2 aromatic rings. The molecule has 0 aliphatic carbocycles. The molecule has 2 N–H and O–H groups in total. The standard InChI is InChI=1S/C17H26N4/c1-3-11-21(4-2)12-10-18-13-16-14-19-20-17(16)15-8-6-5-7-9-15/h5-9,14,18H,3-4,10-13H2,1-2H3,(H,19,20). The topological polar surface area (TPSA) is 44.0 Å². The highest BCUT2D eigenvalue weighted by atomic mass is 15.1. The summed E-state index contributed by atoms with van der Waals surface area (Å²) in [5.41, 5.74) is 3.52. The smallest absolute Gasteiger partial charge is 0.0695 e. The van der Waals surface area contributed by atoms with Gasteiger partial charge in [0.05, 0.1) is 11.9 Å². The van der Waals surface area contributed by atoms with E-state index < -0.39 is 0 Å². The second kappa shape index (κ2) is 8.60. The summed E-state index contributed by atoms with van der Waals surface area (Å²) in [6.07, 6.45) is 3.13. The van der Waals surface area contributed by atoms with Crippen molar-refractivity contribution in [3.63, 3.8) is 0 Å². The molecule has 0 saturated heterocycles. The number of hydrogen-bond donors (Lipinski definition) is 2. The van der Waals surface area contributed by atoms with E-state index >= 15 is 0 Å². The van der Waals surface area contributed by atoms with Crippen LogP contribution in [0.1, 0.15) is 25.8 Å². The number of nitrogens with zero attached hydrogens (tertiary/aromatic N) is 2. The minimum absolute atomic E-state index is 0.852. The minimum Gasteiger partial charge on any atom is -0.311 e. The summed E-state index contributed by atoms with van der Waals surface area (Å²) < 4.78 is 0. The molecule has 4 heteroatoms. The van der Waals surface area contributed by atoms with E-state index in [0.29, 0.717) is 0 Å². The van der Waals surface area contributed by atoms with Gasteiger partial charge in [-0.25, -0.2) is 0 Å². The molecule has 0 saturated carbocycles. The molecule has 0 bridgehead atoms. The first-order chi connectivity index (χ1) is 10.3. The molecule has 0 aliphatic heterocycles. The zero-order chi connectivity index (χ0) is 14.9. The van der Waals surface area contributed by atoms with Crippen LogP contribution < -0.4 is 5.32 Å². The van der Waals surface area contributed by atoms with Crippen molar-refractivity contribution in [2.75, 3.05) is 26.2 Å². The first-order valence-corrected chi connectivity index (χ1v) is 7.85. The predicted octanol–water partition coefficient (Wildman–Crippen LogP) is 2.90. The van der Waals surface area contributed by atoms with Gasteiger partial charge in [-0.05, 0) is 25.1 Å². The number of H-pyrrole nitrogens is 1. The molecule has 0 atom stereocenters. The zero-order valence-corrected chi connectivity index (χ0v) is 13.1. The molecule has 0 amide bonds. The van der Waals surface area contributed by atoms with E-state index in [9.17, 15) is 0 Å². The van der Waals surface area contributed by atoms with E-state index in [2.05, 4.69) is 58.5 Å². The quantitative estimate of drug-likeness (QED) is 0.697. The van der Waals surface area contributed by atoms with Gasteiger partial charge in [0.2, 0.25) is 0 Å². The third-order valence-electron chi connectivity index (χ3n) is 3.69. The highest BCUT2D eigenvalue weighted by Crippen LogP contribution is 2.20. The predicted molar refractivity (Wildman–Crippen MR) is 88.1 cm³/mol. The lowest BCUT2D eigenvalue weighted by atomic mass is 10.1. The van der Waals surface area contributed by atoms with E-state index in [4.69, 9.17) is 0 Å². The Balaban J connectivity index is 1.83. The molecule has 4 nitrogen and oxygen atoms in total. The lowest BCUT2D eigenvalue weighted by Crippen LogP contribution is -2.32. The first kappa shape index (κ1) is 15.7. The van der Waals surface area contributed by atoms with Gasteiger partial charge in [-0.3, -0.25) is 5.10 Å². The SMILES string of the molecule is CCCN(CC)CCNCc1cn[nH]c1-c1ccccc1. The molecule has 0 aliphatic rings. The van der Waals surface area contributed by atoms with Crippen LogP contribution >= 0.6 is 0 Å². The van der Waals surface area contributed by atoms with Crippen molar-refractivity contribution >= 4 is 0 Å². The van der Waals surface area contributed by atoms with Crippen LogP contribution in [0.2, 0.25) is 0 Å². The fourth-order valence-corrected chi connectivity index (χ4v) is 2.50. The number of benzene rings is 1. The Morgan fingerprint density at radius 1 is 1.14 bits per heavy atom. The fraction of sp³-hybridized carbons (Fsp3) is 0.471. The summed E-state index contributed by atoms with van der Waals surface area (Å²) in [6, 6.07) is 10.4. The fourth-order valence-electron chi connectivity index (χ4n) is 2.50. The molecule has 0 fully saturated rings. The van der Waals surface area contributed by atoms with Gasteiger partial charge in [-0.1, -0.05) is 44.2 Å². The third-order valence-corrected chi connectivity index (χ3v) is 3.69. The number of nitrogens with one attached hydrogen (secondary N) is 2. The summed E-state index contributed by atoms with van der Waals surface area (Å²) >= 11 is 0. The lowest BCUT2D eigenvalue weighted by molar-refractivity contribution is 0.287. The van der Waals surface area contributed by atoms with Crippen LogP contribution in [-0.4, -0.2) is 41.3 Å². The molecular formula is C17H26N4. The average molecular weight is 286 g/mol. The Morgan fingerprint density at radius 3 is 2.67 bits per heavy atom. The van der Waals surface area contributed by atoms with Crippen molar-refractivity contribution in [3.05, 3.63) is 42.1 Å². The van der Waals surface area contributed by atoms with Crippen molar-refractivity contribution in [3.8, 4) is 11.3 Å². The first-order valence-electron chi connectivity index (χ1n) is 7.85. The van der Waals surface area contributed by atoms with Gasteiger partial charge in [0.15, 0.2) is 0 Å². The zero-order valence-electron chi connectivity index (χ0n) is 13.1. The van der Waals surface area contributed by atoms with Gasteiger partial charge in [0.1, 0.15) is 0 Å². The monoisotopic (exact) mass is 286 g/mol. The molecule has 21 heavy (non-hydrogen) atoms. The summed E-state index contributed by atoms with van der Waals surface area (Å²) in [5.74, 6) is 0. The Hall–Kier alpha value is -1.65. The normalized spacial score (nSPS) is 11.2. The molecule has 1 aromatic heterocycles. The number of aromatic amines is 1. The van der Waals surface area contributed by atoms with Crippen molar-refractivity contribution in [1.29, 1.82) is 0 Å². The average Bonchev–Trinajstić information content (AvgIpc) is 2.99. The summed E-state index contributed by atoms with van der Waals surface area (Å²) in [4.78, 5) is 2.47. The largest absolute Gasteiger partial charge is 0.311 e. The third kappa shape index (κ3) is 4.69. The van der Waals surface area contributed by atoms with Crippen LogP contribution in [0.3, 0.4) is 0 Å². The van der Waals surface area contributed by atoms with Crippen LogP contribution in [0.5, 0.6) is 0 Å². The number of rotatable bonds is 9. The van der Waals surface area contributed by atoms with E-state index in [1.807, 2.05) is 12.3 Å². The molecule has 0 unspecified atom stereocenters.